The second-order valence-electron chi connectivity index (χ2n) is 14.6. The van der Waals surface area contributed by atoms with Gasteiger partial charge in [-0.25, -0.2) is 0 Å². The number of hydrogen-bond donors (Lipinski definition) is 0. The molecule has 4 aromatic carbocycles. The highest BCUT2D eigenvalue weighted by molar-refractivity contribution is 5.16. The minimum Gasteiger partial charge on any atom is -0.381 e. The van der Waals surface area contributed by atoms with Crippen molar-refractivity contribution in [1.82, 2.24) is 4.90 Å². The van der Waals surface area contributed by atoms with Crippen molar-refractivity contribution in [2.75, 3.05) is 32.9 Å². The van der Waals surface area contributed by atoms with Gasteiger partial charge in [-0.05, 0) is 53.5 Å². The fraction of sp³-hybridized carbons (Fsp3) is 0.455. The number of ether oxygens (including phenoxy) is 5. The van der Waals surface area contributed by atoms with Crippen LogP contribution in [0.5, 0.6) is 0 Å². The maximum absolute atomic E-state index is 6.94. The van der Waals surface area contributed by atoms with Crippen molar-refractivity contribution >= 4 is 0 Å². The molecule has 0 N–H and O–H groups in total. The van der Waals surface area contributed by atoms with Gasteiger partial charge in [0.25, 0.3) is 0 Å². The van der Waals surface area contributed by atoms with Gasteiger partial charge in [0.2, 0.25) is 0 Å². The normalized spacial score (nSPS) is 19.8. The van der Waals surface area contributed by atoms with Crippen LogP contribution in [0.3, 0.4) is 0 Å². The molecule has 0 unspecified atom stereocenters. The Morgan fingerprint density at radius 3 is 1.54 bits per heavy atom. The first-order valence-corrected chi connectivity index (χ1v) is 18.3. The molecule has 6 heteroatoms. The molecule has 0 spiro atoms. The van der Waals surface area contributed by atoms with E-state index in [1.165, 1.54) is 0 Å². The quantitative estimate of drug-likeness (QED) is 0.0870. The maximum Gasteiger partial charge on any atom is 0.113 e. The van der Waals surface area contributed by atoms with E-state index in [0.717, 1.165) is 67.8 Å². The molecule has 4 aromatic rings. The molecule has 1 aliphatic rings. The van der Waals surface area contributed by atoms with E-state index in [0.29, 0.717) is 33.0 Å². The van der Waals surface area contributed by atoms with Crippen LogP contribution in [0.1, 0.15) is 62.3 Å². The van der Waals surface area contributed by atoms with Crippen LogP contribution in [0.4, 0.5) is 0 Å². The summed E-state index contributed by atoms with van der Waals surface area (Å²) in [4.78, 5) is 2.54. The monoisotopic (exact) mass is 679 g/mol. The van der Waals surface area contributed by atoms with Crippen LogP contribution in [0, 0.1) is 5.41 Å². The fourth-order valence-corrected chi connectivity index (χ4v) is 6.38. The van der Waals surface area contributed by atoms with Crippen LogP contribution in [-0.2, 0) is 50.1 Å². The van der Waals surface area contributed by atoms with E-state index in [4.69, 9.17) is 23.7 Å². The molecule has 4 atom stereocenters. The minimum atomic E-state index is -0.296. The summed E-state index contributed by atoms with van der Waals surface area (Å²) in [6.45, 7) is 12.4. The number of likely N-dealkylation sites (tertiary alicyclic amines) is 1. The summed E-state index contributed by atoms with van der Waals surface area (Å²) >= 11 is 0. The summed E-state index contributed by atoms with van der Waals surface area (Å²) in [6.07, 6.45) is 2.43. The van der Waals surface area contributed by atoms with E-state index in [2.05, 4.69) is 123 Å². The van der Waals surface area contributed by atoms with Crippen molar-refractivity contribution in [2.24, 2.45) is 5.41 Å². The van der Waals surface area contributed by atoms with Crippen LogP contribution in [0.2, 0.25) is 0 Å². The third-order valence-corrected chi connectivity index (χ3v) is 9.00. The number of hydrogen-bond acceptors (Lipinski definition) is 6. The Bertz CT molecular complexity index is 1450. The summed E-state index contributed by atoms with van der Waals surface area (Å²) in [5, 5.41) is 0. The van der Waals surface area contributed by atoms with E-state index in [-0.39, 0.29) is 29.8 Å². The largest absolute Gasteiger partial charge is 0.381 e. The average molecular weight is 680 g/mol. The first-order chi connectivity index (χ1) is 24.4. The van der Waals surface area contributed by atoms with E-state index in [1.807, 2.05) is 24.3 Å². The lowest BCUT2D eigenvalue weighted by Gasteiger charge is -2.48. The van der Waals surface area contributed by atoms with Gasteiger partial charge in [0.1, 0.15) is 12.2 Å². The molecule has 0 radical (unpaired) electrons. The molecule has 0 bridgehead atoms. The zero-order valence-electron chi connectivity index (χ0n) is 30.3. The van der Waals surface area contributed by atoms with Crippen LogP contribution in [0.15, 0.2) is 121 Å². The summed E-state index contributed by atoms with van der Waals surface area (Å²) in [6, 6.07) is 41.5. The molecule has 1 aliphatic heterocycles. The standard InChI is InChI=1S/C44H57NO5/c1-44(2,3)35-46-28-18-8-17-27-45-29-41(48-31-37-21-11-5-12-22-37)43(50-33-39-25-15-7-16-26-39)42(49-32-38-23-13-6-14-24-38)40(45)34-47-30-36-19-9-4-10-20-36/h4-7,9-16,19-26,40-43H,8,17-18,27-35H2,1-3H3/t40-,41+,42-,43-/m1/s1. The Kier molecular flexibility index (Phi) is 15.5. The molecule has 1 fully saturated rings. The molecule has 0 aromatic heterocycles. The van der Waals surface area contributed by atoms with Gasteiger partial charge in [0, 0.05) is 13.2 Å². The summed E-state index contributed by atoms with van der Waals surface area (Å²) < 4.78 is 33.1. The highest BCUT2D eigenvalue weighted by atomic mass is 16.6. The van der Waals surface area contributed by atoms with Crippen molar-refractivity contribution in [1.29, 1.82) is 0 Å². The first-order valence-electron chi connectivity index (χ1n) is 18.3. The lowest BCUT2D eigenvalue weighted by Crippen LogP contribution is -2.64. The van der Waals surface area contributed by atoms with Crippen molar-refractivity contribution in [3.8, 4) is 0 Å². The van der Waals surface area contributed by atoms with Crippen molar-refractivity contribution < 1.29 is 23.7 Å². The Hall–Kier alpha value is -3.36. The molecular formula is C44H57NO5. The zero-order valence-corrected chi connectivity index (χ0v) is 30.3. The topological polar surface area (TPSA) is 49.4 Å². The Morgan fingerprint density at radius 1 is 0.540 bits per heavy atom. The van der Waals surface area contributed by atoms with Gasteiger partial charge in [-0.3, -0.25) is 4.90 Å². The Morgan fingerprint density at radius 2 is 1.02 bits per heavy atom. The summed E-state index contributed by atoms with van der Waals surface area (Å²) in [5.41, 5.74) is 4.75. The van der Waals surface area contributed by atoms with Crippen LogP contribution in [0.25, 0.3) is 0 Å². The van der Waals surface area contributed by atoms with Gasteiger partial charge in [0.15, 0.2) is 0 Å². The van der Waals surface area contributed by atoms with Crippen molar-refractivity contribution in [2.45, 2.75) is 90.8 Å². The van der Waals surface area contributed by atoms with Crippen LogP contribution < -0.4 is 0 Å². The maximum atomic E-state index is 6.94. The third kappa shape index (κ3) is 13.1. The second-order valence-corrected chi connectivity index (χ2v) is 14.6. The molecule has 268 valence electrons. The zero-order chi connectivity index (χ0) is 34.9. The van der Waals surface area contributed by atoms with E-state index < -0.39 is 0 Å². The molecule has 5 rings (SSSR count). The van der Waals surface area contributed by atoms with E-state index >= 15 is 0 Å². The predicted octanol–water partition coefficient (Wildman–Crippen LogP) is 8.88. The van der Waals surface area contributed by atoms with Gasteiger partial charge in [-0.1, -0.05) is 142 Å². The molecule has 50 heavy (non-hydrogen) atoms. The van der Waals surface area contributed by atoms with E-state index in [9.17, 15) is 0 Å². The van der Waals surface area contributed by atoms with Gasteiger partial charge in [-0.15, -0.1) is 0 Å². The van der Waals surface area contributed by atoms with Gasteiger partial charge < -0.3 is 23.7 Å². The Labute approximate surface area is 300 Å². The SMILES string of the molecule is CC(C)(C)COCCCCCN1C[C@H](OCc2ccccc2)[C@@H](OCc2ccccc2)[C@H](OCc2ccccc2)[C@H]1COCc1ccccc1. The van der Waals surface area contributed by atoms with Gasteiger partial charge in [0.05, 0.1) is 51.8 Å². The number of benzene rings is 4. The van der Waals surface area contributed by atoms with Gasteiger partial charge >= 0.3 is 0 Å². The Balaban J connectivity index is 1.37. The number of rotatable bonds is 20. The second kappa shape index (κ2) is 20.5. The number of unbranched alkanes of at least 4 members (excludes halogenated alkanes) is 2. The smallest absolute Gasteiger partial charge is 0.113 e. The number of piperidine rings is 1. The average Bonchev–Trinajstić information content (AvgIpc) is 3.14. The highest BCUT2D eigenvalue weighted by Crippen LogP contribution is 2.30. The predicted molar refractivity (Wildman–Crippen MR) is 201 cm³/mol. The minimum absolute atomic E-state index is 0.0167. The molecule has 1 saturated heterocycles. The molecule has 0 aliphatic carbocycles. The molecule has 0 amide bonds. The molecular weight excluding hydrogens is 622 g/mol. The lowest BCUT2D eigenvalue weighted by molar-refractivity contribution is -0.210. The fourth-order valence-electron chi connectivity index (χ4n) is 6.38. The first kappa shape index (κ1) is 37.9. The lowest BCUT2D eigenvalue weighted by atomic mass is 9.92. The van der Waals surface area contributed by atoms with Crippen LogP contribution >= 0.6 is 0 Å². The van der Waals surface area contributed by atoms with Crippen molar-refractivity contribution in [3.63, 3.8) is 0 Å². The molecule has 6 nitrogen and oxygen atoms in total. The molecule has 0 saturated carbocycles. The van der Waals surface area contributed by atoms with Crippen LogP contribution in [-0.4, -0.2) is 62.2 Å². The van der Waals surface area contributed by atoms with Crippen molar-refractivity contribution in [3.05, 3.63) is 144 Å². The summed E-state index contributed by atoms with van der Waals surface area (Å²) in [7, 11) is 0. The third-order valence-electron chi connectivity index (χ3n) is 9.00. The summed E-state index contributed by atoms with van der Waals surface area (Å²) in [5.74, 6) is 0. The van der Waals surface area contributed by atoms with E-state index in [1.54, 1.807) is 0 Å². The number of nitrogens with zero attached hydrogens (tertiary/aromatic N) is 1. The highest BCUT2D eigenvalue weighted by Gasteiger charge is 2.46. The molecule has 1 heterocycles. The van der Waals surface area contributed by atoms with Gasteiger partial charge in [-0.2, -0.15) is 0 Å².